The first-order chi connectivity index (χ1) is 6.98. The molecule has 0 aliphatic heterocycles. The molecule has 2 N–H and O–H groups in total. The lowest BCUT2D eigenvalue weighted by Gasteiger charge is -2.27. The summed E-state index contributed by atoms with van der Waals surface area (Å²) >= 11 is 0. The van der Waals surface area contributed by atoms with Crippen LogP contribution in [0.5, 0.6) is 0 Å². The van der Waals surface area contributed by atoms with Crippen molar-refractivity contribution in [2.45, 2.75) is 32.2 Å². The van der Waals surface area contributed by atoms with Crippen molar-refractivity contribution in [3.8, 4) is 0 Å². The second-order valence-corrected chi connectivity index (χ2v) is 4.70. The SMILES string of the molecule is CC(C)(N)C1=Cc2cccc(F)c2CC1. The molecule has 0 unspecified atom stereocenters. The van der Waals surface area contributed by atoms with Gasteiger partial charge in [0.25, 0.3) is 0 Å². The number of fused-ring (bicyclic) bond motifs is 1. The molecule has 1 aliphatic rings. The fraction of sp³-hybridized carbons (Fsp3) is 0.385. The molecule has 1 aliphatic carbocycles. The van der Waals surface area contributed by atoms with E-state index in [0.29, 0.717) is 0 Å². The Bertz CT molecular complexity index is 413. The summed E-state index contributed by atoms with van der Waals surface area (Å²) in [6.07, 6.45) is 3.65. The van der Waals surface area contributed by atoms with E-state index < -0.39 is 0 Å². The summed E-state index contributed by atoms with van der Waals surface area (Å²) in [4.78, 5) is 0. The van der Waals surface area contributed by atoms with Crippen LogP contribution in [0, 0.1) is 5.82 Å². The molecule has 2 heteroatoms. The van der Waals surface area contributed by atoms with E-state index in [2.05, 4.69) is 0 Å². The van der Waals surface area contributed by atoms with Gasteiger partial charge in [0.2, 0.25) is 0 Å². The molecule has 15 heavy (non-hydrogen) atoms. The average molecular weight is 205 g/mol. The van der Waals surface area contributed by atoms with Gasteiger partial charge in [-0.1, -0.05) is 23.8 Å². The number of benzene rings is 1. The molecule has 0 amide bonds. The maximum absolute atomic E-state index is 13.4. The predicted octanol–water partition coefficient (Wildman–Crippen LogP) is 2.89. The van der Waals surface area contributed by atoms with Gasteiger partial charge in [-0.05, 0) is 43.9 Å². The molecular formula is C13H16FN. The lowest BCUT2D eigenvalue weighted by Crippen LogP contribution is -2.35. The zero-order valence-corrected chi connectivity index (χ0v) is 9.18. The van der Waals surface area contributed by atoms with Crippen LogP contribution >= 0.6 is 0 Å². The Kier molecular flexibility index (Phi) is 2.39. The fourth-order valence-electron chi connectivity index (χ4n) is 2.00. The van der Waals surface area contributed by atoms with Gasteiger partial charge in [-0.3, -0.25) is 0 Å². The van der Waals surface area contributed by atoms with Crippen LogP contribution in [-0.4, -0.2) is 5.54 Å². The first-order valence-electron chi connectivity index (χ1n) is 5.26. The summed E-state index contributed by atoms with van der Waals surface area (Å²) in [6.45, 7) is 3.98. The van der Waals surface area contributed by atoms with E-state index in [1.54, 1.807) is 6.07 Å². The van der Waals surface area contributed by atoms with Crippen molar-refractivity contribution >= 4 is 6.08 Å². The number of halogens is 1. The quantitative estimate of drug-likeness (QED) is 0.749. The van der Waals surface area contributed by atoms with Crippen LogP contribution < -0.4 is 5.73 Å². The minimum atomic E-state index is -0.302. The van der Waals surface area contributed by atoms with Crippen LogP contribution in [0.3, 0.4) is 0 Å². The van der Waals surface area contributed by atoms with E-state index in [9.17, 15) is 4.39 Å². The van der Waals surface area contributed by atoms with Gasteiger partial charge in [0, 0.05) is 5.54 Å². The first-order valence-corrected chi connectivity index (χ1v) is 5.26. The standard InChI is InChI=1S/C13H16FN/c1-13(2,15)10-6-7-11-9(8-10)4-3-5-12(11)14/h3-5,8H,6-7,15H2,1-2H3. The van der Waals surface area contributed by atoms with Gasteiger partial charge in [-0.15, -0.1) is 0 Å². The largest absolute Gasteiger partial charge is 0.322 e. The zero-order chi connectivity index (χ0) is 11.1. The number of hydrogen-bond donors (Lipinski definition) is 1. The Balaban J connectivity index is 2.47. The monoisotopic (exact) mass is 205 g/mol. The second-order valence-electron chi connectivity index (χ2n) is 4.70. The third kappa shape index (κ3) is 1.95. The molecule has 1 aromatic carbocycles. The minimum Gasteiger partial charge on any atom is -0.322 e. The molecule has 0 saturated heterocycles. The highest BCUT2D eigenvalue weighted by atomic mass is 19.1. The van der Waals surface area contributed by atoms with Gasteiger partial charge in [-0.25, -0.2) is 4.39 Å². The van der Waals surface area contributed by atoms with E-state index in [1.807, 2.05) is 26.0 Å². The van der Waals surface area contributed by atoms with Crippen LogP contribution in [0.4, 0.5) is 4.39 Å². The van der Waals surface area contributed by atoms with E-state index in [0.717, 1.165) is 24.0 Å². The predicted molar refractivity (Wildman–Crippen MR) is 61.0 cm³/mol. The van der Waals surface area contributed by atoms with Crippen LogP contribution in [0.25, 0.3) is 6.08 Å². The topological polar surface area (TPSA) is 26.0 Å². The maximum atomic E-state index is 13.4. The van der Waals surface area contributed by atoms with Gasteiger partial charge in [0.1, 0.15) is 5.82 Å². The van der Waals surface area contributed by atoms with Crippen LogP contribution in [0.1, 0.15) is 31.4 Å². The summed E-state index contributed by atoms with van der Waals surface area (Å²) < 4.78 is 13.4. The highest BCUT2D eigenvalue weighted by Gasteiger charge is 2.22. The van der Waals surface area contributed by atoms with Gasteiger partial charge >= 0.3 is 0 Å². The Hall–Kier alpha value is -1.15. The average Bonchev–Trinajstić information content (AvgIpc) is 2.16. The Morgan fingerprint density at radius 1 is 1.27 bits per heavy atom. The summed E-state index contributed by atoms with van der Waals surface area (Å²) in [7, 11) is 0. The van der Waals surface area contributed by atoms with Gasteiger partial charge in [0.05, 0.1) is 0 Å². The smallest absolute Gasteiger partial charge is 0.127 e. The molecule has 0 bridgehead atoms. The van der Waals surface area contributed by atoms with Crippen LogP contribution in [0.2, 0.25) is 0 Å². The molecule has 80 valence electrons. The lowest BCUT2D eigenvalue weighted by molar-refractivity contribution is 0.568. The molecule has 1 aromatic rings. The fourth-order valence-corrected chi connectivity index (χ4v) is 2.00. The maximum Gasteiger partial charge on any atom is 0.127 e. The van der Waals surface area contributed by atoms with E-state index >= 15 is 0 Å². The van der Waals surface area contributed by atoms with Crippen molar-refractivity contribution < 1.29 is 4.39 Å². The molecule has 1 nitrogen and oxygen atoms in total. The number of hydrogen-bond acceptors (Lipinski definition) is 1. The third-order valence-corrected chi connectivity index (χ3v) is 2.96. The highest BCUT2D eigenvalue weighted by Crippen LogP contribution is 2.30. The third-order valence-electron chi connectivity index (χ3n) is 2.96. The van der Waals surface area contributed by atoms with Gasteiger partial charge < -0.3 is 5.73 Å². The molecule has 0 spiro atoms. The second kappa shape index (κ2) is 3.46. The molecule has 2 rings (SSSR count). The summed E-state index contributed by atoms with van der Waals surface area (Å²) in [5.41, 5.74) is 8.74. The molecule has 0 aromatic heterocycles. The number of rotatable bonds is 1. The molecule has 0 fully saturated rings. The minimum absolute atomic E-state index is 0.0994. The molecule has 0 heterocycles. The Morgan fingerprint density at radius 3 is 2.67 bits per heavy atom. The highest BCUT2D eigenvalue weighted by molar-refractivity contribution is 5.61. The molecule has 0 radical (unpaired) electrons. The molecule has 0 saturated carbocycles. The van der Waals surface area contributed by atoms with Crippen LogP contribution in [-0.2, 0) is 6.42 Å². The van der Waals surface area contributed by atoms with Gasteiger partial charge in [-0.2, -0.15) is 0 Å². The van der Waals surface area contributed by atoms with E-state index in [4.69, 9.17) is 5.73 Å². The Morgan fingerprint density at radius 2 is 2.00 bits per heavy atom. The lowest BCUT2D eigenvalue weighted by atomic mass is 9.83. The van der Waals surface area contributed by atoms with E-state index in [-0.39, 0.29) is 11.4 Å². The first kappa shape index (κ1) is 10.4. The van der Waals surface area contributed by atoms with Crippen molar-refractivity contribution in [2.24, 2.45) is 5.73 Å². The Labute approximate surface area is 89.8 Å². The zero-order valence-electron chi connectivity index (χ0n) is 9.18. The van der Waals surface area contributed by atoms with Crippen molar-refractivity contribution in [3.63, 3.8) is 0 Å². The number of nitrogens with two attached hydrogens (primary N) is 1. The van der Waals surface area contributed by atoms with Crippen molar-refractivity contribution in [3.05, 3.63) is 40.7 Å². The summed E-state index contributed by atoms with van der Waals surface area (Å²) in [6, 6.07) is 5.21. The van der Waals surface area contributed by atoms with Crippen molar-refractivity contribution in [1.29, 1.82) is 0 Å². The van der Waals surface area contributed by atoms with Crippen molar-refractivity contribution in [1.82, 2.24) is 0 Å². The van der Waals surface area contributed by atoms with Crippen molar-refractivity contribution in [2.75, 3.05) is 0 Å². The summed E-state index contributed by atoms with van der Waals surface area (Å²) in [5, 5.41) is 0. The molecule has 0 atom stereocenters. The van der Waals surface area contributed by atoms with Crippen LogP contribution in [0.15, 0.2) is 23.8 Å². The molecular weight excluding hydrogens is 189 g/mol. The van der Waals surface area contributed by atoms with Gasteiger partial charge in [0.15, 0.2) is 0 Å². The normalized spacial score (nSPS) is 15.9. The summed E-state index contributed by atoms with van der Waals surface area (Å²) in [5.74, 6) is -0.0994. The van der Waals surface area contributed by atoms with E-state index in [1.165, 1.54) is 11.6 Å².